The van der Waals surface area contributed by atoms with E-state index in [0.29, 0.717) is 6.54 Å². The molecule has 0 unspecified atom stereocenters. The highest BCUT2D eigenvalue weighted by Crippen LogP contribution is 2.21. The van der Waals surface area contributed by atoms with Crippen molar-refractivity contribution >= 4 is 11.5 Å². The molecule has 0 aliphatic rings. The monoisotopic (exact) mass is 361 g/mol. The van der Waals surface area contributed by atoms with Gasteiger partial charge in [0.15, 0.2) is 11.5 Å². The molecule has 0 atom stereocenters. The number of aromatic nitrogens is 6. The van der Waals surface area contributed by atoms with Gasteiger partial charge in [0.25, 0.3) is 0 Å². The molecule has 3 heterocycles. The molecule has 0 amide bonds. The fraction of sp³-hybridized carbons (Fsp3) is 0.300. The predicted octanol–water partition coefficient (Wildman–Crippen LogP) is 3.28. The van der Waals surface area contributed by atoms with Gasteiger partial charge >= 0.3 is 0 Å². The van der Waals surface area contributed by atoms with Gasteiger partial charge in [0.05, 0.1) is 6.54 Å². The molecule has 0 saturated heterocycles. The molecule has 4 aromatic rings. The van der Waals surface area contributed by atoms with Crippen molar-refractivity contribution in [1.82, 2.24) is 29.6 Å². The van der Waals surface area contributed by atoms with Gasteiger partial charge in [0, 0.05) is 24.4 Å². The first-order valence-electron chi connectivity index (χ1n) is 9.01. The third-order valence-electron chi connectivity index (χ3n) is 4.30. The predicted molar refractivity (Wildman–Crippen MR) is 105 cm³/mol. The Morgan fingerprint density at radius 3 is 2.63 bits per heavy atom. The molecular weight excluding hydrogens is 338 g/mol. The SMILES string of the molecule is CC(C)(C)c1nnc2ccc(NCc3cccc(Cn4cccn4)c3)nn12. The van der Waals surface area contributed by atoms with E-state index in [1.54, 1.807) is 6.20 Å². The number of rotatable bonds is 5. The Morgan fingerprint density at radius 2 is 1.85 bits per heavy atom. The average molecular weight is 361 g/mol. The lowest BCUT2D eigenvalue weighted by atomic mass is 9.96. The lowest BCUT2D eigenvalue weighted by Gasteiger charge is -2.15. The highest BCUT2D eigenvalue weighted by atomic mass is 15.4. The molecule has 7 nitrogen and oxygen atoms in total. The van der Waals surface area contributed by atoms with Crippen LogP contribution in [0, 0.1) is 0 Å². The number of hydrogen-bond acceptors (Lipinski definition) is 5. The standard InChI is InChI=1S/C20H23N7/c1-20(2,3)19-24-23-18-9-8-17(25-27(18)19)21-13-15-6-4-7-16(12-15)14-26-11-5-10-22-26/h4-12H,13-14H2,1-3H3,(H,21,25). The molecule has 4 rings (SSSR count). The summed E-state index contributed by atoms with van der Waals surface area (Å²) in [6.45, 7) is 7.78. The van der Waals surface area contributed by atoms with Gasteiger partial charge in [-0.3, -0.25) is 4.68 Å². The summed E-state index contributed by atoms with van der Waals surface area (Å²) in [5.74, 6) is 1.65. The van der Waals surface area contributed by atoms with Crippen LogP contribution in [0.2, 0.25) is 0 Å². The summed E-state index contributed by atoms with van der Waals surface area (Å²) in [7, 11) is 0. The van der Waals surface area contributed by atoms with Gasteiger partial charge in [-0.1, -0.05) is 45.0 Å². The van der Waals surface area contributed by atoms with Crippen LogP contribution >= 0.6 is 0 Å². The lowest BCUT2D eigenvalue weighted by molar-refractivity contribution is 0.527. The first-order valence-corrected chi connectivity index (χ1v) is 9.01. The maximum Gasteiger partial charge on any atom is 0.178 e. The lowest BCUT2D eigenvalue weighted by Crippen LogP contribution is -2.17. The van der Waals surface area contributed by atoms with E-state index in [-0.39, 0.29) is 5.41 Å². The van der Waals surface area contributed by atoms with Crippen LogP contribution in [0.15, 0.2) is 54.9 Å². The van der Waals surface area contributed by atoms with Crippen LogP contribution in [0.3, 0.4) is 0 Å². The topological polar surface area (TPSA) is 72.9 Å². The van der Waals surface area contributed by atoms with Crippen molar-refractivity contribution in [2.45, 2.75) is 39.3 Å². The van der Waals surface area contributed by atoms with Crippen LogP contribution in [-0.2, 0) is 18.5 Å². The number of nitrogens with one attached hydrogen (secondary N) is 1. The zero-order valence-corrected chi connectivity index (χ0v) is 15.8. The molecule has 3 aromatic heterocycles. The van der Waals surface area contributed by atoms with Crippen LogP contribution in [0.25, 0.3) is 5.65 Å². The zero-order valence-electron chi connectivity index (χ0n) is 15.8. The van der Waals surface area contributed by atoms with Gasteiger partial charge in [-0.05, 0) is 29.3 Å². The number of anilines is 1. The van der Waals surface area contributed by atoms with E-state index in [2.05, 4.69) is 70.7 Å². The summed E-state index contributed by atoms with van der Waals surface area (Å²) in [5.41, 5.74) is 3.05. The molecule has 0 aliphatic heterocycles. The van der Waals surface area contributed by atoms with Gasteiger partial charge in [-0.15, -0.1) is 15.3 Å². The maximum absolute atomic E-state index is 4.67. The highest BCUT2D eigenvalue weighted by molar-refractivity contribution is 5.45. The fourth-order valence-electron chi connectivity index (χ4n) is 2.96. The summed E-state index contributed by atoms with van der Waals surface area (Å²) in [6.07, 6.45) is 3.76. The van der Waals surface area contributed by atoms with E-state index in [1.807, 2.05) is 33.6 Å². The summed E-state index contributed by atoms with van der Waals surface area (Å²) in [5, 5.41) is 20.8. The van der Waals surface area contributed by atoms with Crippen LogP contribution < -0.4 is 5.32 Å². The molecule has 138 valence electrons. The van der Waals surface area contributed by atoms with Crippen LogP contribution in [0.1, 0.15) is 37.7 Å². The Kier molecular flexibility index (Phi) is 4.35. The minimum Gasteiger partial charge on any atom is -0.365 e. The van der Waals surface area contributed by atoms with Crippen LogP contribution in [0.5, 0.6) is 0 Å². The maximum atomic E-state index is 4.67. The molecule has 0 fully saturated rings. The van der Waals surface area contributed by atoms with Crippen LogP contribution in [-0.4, -0.2) is 29.6 Å². The largest absolute Gasteiger partial charge is 0.365 e. The molecule has 0 aliphatic carbocycles. The summed E-state index contributed by atoms with van der Waals surface area (Å²) in [6, 6.07) is 14.3. The number of nitrogens with zero attached hydrogens (tertiary/aromatic N) is 6. The van der Waals surface area contributed by atoms with Gasteiger partial charge in [0.1, 0.15) is 5.82 Å². The van der Waals surface area contributed by atoms with Crippen molar-refractivity contribution in [3.63, 3.8) is 0 Å². The van der Waals surface area contributed by atoms with Crippen molar-refractivity contribution < 1.29 is 0 Å². The van der Waals surface area contributed by atoms with Gasteiger partial charge in [-0.25, -0.2) is 0 Å². The minimum absolute atomic E-state index is 0.119. The second kappa shape index (κ2) is 6.83. The molecule has 0 bridgehead atoms. The Morgan fingerprint density at radius 1 is 1.00 bits per heavy atom. The Bertz CT molecular complexity index is 1040. The second-order valence-electron chi connectivity index (χ2n) is 7.64. The van der Waals surface area contributed by atoms with E-state index in [4.69, 9.17) is 0 Å². The molecule has 1 aromatic carbocycles. The number of hydrogen-bond donors (Lipinski definition) is 1. The molecule has 0 saturated carbocycles. The molecule has 0 radical (unpaired) electrons. The average Bonchev–Trinajstić information content (AvgIpc) is 3.29. The summed E-state index contributed by atoms with van der Waals surface area (Å²) >= 11 is 0. The third-order valence-corrected chi connectivity index (χ3v) is 4.30. The van der Waals surface area contributed by atoms with E-state index in [0.717, 1.165) is 23.8 Å². The van der Waals surface area contributed by atoms with E-state index >= 15 is 0 Å². The number of benzene rings is 1. The quantitative estimate of drug-likeness (QED) is 0.590. The van der Waals surface area contributed by atoms with Gasteiger partial charge in [0.2, 0.25) is 0 Å². The van der Waals surface area contributed by atoms with E-state index in [9.17, 15) is 0 Å². The Labute approximate surface area is 158 Å². The Balaban J connectivity index is 1.50. The van der Waals surface area contributed by atoms with Crippen molar-refractivity contribution in [1.29, 1.82) is 0 Å². The van der Waals surface area contributed by atoms with Crippen molar-refractivity contribution in [2.24, 2.45) is 0 Å². The third kappa shape index (κ3) is 3.81. The molecule has 1 N–H and O–H groups in total. The molecule has 27 heavy (non-hydrogen) atoms. The minimum atomic E-state index is -0.119. The zero-order chi connectivity index (χ0) is 18.9. The van der Waals surface area contributed by atoms with Gasteiger partial charge in [-0.2, -0.15) is 9.61 Å². The fourth-order valence-corrected chi connectivity index (χ4v) is 2.96. The summed E-state index contributed by atoms with van der Waals surface area (Å²) < 4.78 is 3.73. The van der Waals surface area contributed by atoms with Crippen molar-refractivity contribution in [3.05, 3.63) is 71.8 Å². The first kappa shape index (κ1) is 17.2. The molecule has 7 heteroatoms. The second-order valence-corrected chi connectivity index (χ2v) is 7.64. The highest BCUT2D eigenvalue weighted by Gasteiger charge is 2.21. The molecular formula is C20H23N7. The van der Waals surface area contributed by atoms with Crippen molar-refractivity contribution in [2.75, 3.05) is 5.32 Å². The normalized spacial score (nSPS) is 11.8. The molecule has 0 spiro atoms. The van der Waals surface area contributed by atoms with E-state index in [1.165, 1.54) is 11.1 Å². The summed E-state index contributed by atoms with van der Waals surface area (Å²) in [4.78, 5) is 0. The number of fused-ring (bicyclic) bond motifs is 1. The van der Waals surface area contributed by atoms with E-state index < -0.39 is 0 Å². The van der Waals surface area contributed by atoms with Crippen molar-refractivity contribution in [3.8, 4) is 0 Å². The Hall–Kier alpha value is -3.22. The smallest absolute Gasteiger partial charge is 0.178 e. The van der Waals surface area contributed by atoms with Crippen LogP contribution in [0.4, 0.5) is 5.82 Å². The van der Waals surface area contributed by atoms with Gasteiger partial charge < -0.3 is 5.32 Å². The first-order chi connectivity index (χ1) is 13.0.